The quantitative estimate of drug-likeness (QED) is 0.667. The number of ether oxygens (including phenoxy) is 1. The highest BCUT2D eigenvalue weighted by Crippen LogP contribution is 2.23. The lowest BCUT2D eigenvalue weighted by Gasteiger charge is -2.36. The number of benzene rings is 1. The number of nitrogens with one attached hydrogen (secondary N) is 1. The molecule has 1 N–H and O–H groups in total. The third-order valence-corrected chi connectivity index (χ3v) is 6.08. The molecule has 8 nitrogen and oxygen atoms in total. The molecule has 166 valence electrons. The third kappa shape index (κ3) is 5.83. The predicted molar refractivity (Wildman–Crippen MR) is 116 cm³/mol. The maximum atomic E-state index is 13.0. The van der Waals surface area contributed by atoms with Gasteiger partial charge in [0.25, 0.3) is 5.91 Å². The maximum absolute atomic E-state index is 13.0. The second-order valence-electron chi connectivity index (χ2n) is 8.49. The third-order valence-electron chi connectivity index (χ3n) is 6.08. The van der Waals surface area contributed by atoms with E-state index in [0.29, 0.717) is 31.1 Å². The predicted octanol–water partition coefficient (Wildman–Crippen LogP) is 2.58. The average molecular weight is 426 g/mol. The molecule has 2 heterocycles. The van der Waals surface area contributed by atoms with Gasteiger partial charge in [0, 0.05) is 31.6 Å². The fraction of sp³-hybridized carbons (Fsp3) is 0.565. The number of piperidine rings is 1. The van der Waals surface area contributed by atoms with Crippen LogP contribution in [0, 0.1) is 0 Å². The Kier molecular flexibility index (Phi) is 6.84. The van der Waals surface area contributed by atoms with Crippen LogP contribution in [-0.4, -0.2) is 57.4 Å². The lowest BCUT2D eigenvalue weighted by molar-refractivity contribution is -0.135. The van der Waals surface area contributed by atoms with Crippen LogP contribution in [0.2, 0.25) is 0 Å². The molecule has 8 heteroatoms. The van der Waals surface area contributed by atoms with E-state index in [1.165, 1.54) is 0 Å². The molecule has 1 unspecified atom stereocenters. The largest absolute Gasteiger partial charge is 0.497 e. The van der Waals surface area contributed by atoms with Crippen LogP contribution < -0.4 is 10.1 Å². The standard InChI is InChI=1S/C23H31N5O3/c1-31-20-7-4-5-17(15-20)8-11-22(29)28-13-3-2-6-19(28)12-14-27-16-21(25-26-27)23(30)24-18-9-10-18/h4-5,7,15-16,18-19H,2-3,6,8-14H2,1H3,(H,24,30). The molecular formula is C23H31N5O3. The van der Waals surface area contributed by atoms with E-state index in [4.69, 9.17) is 4.74 Å². The molecule has 4 rings (SSSR count). The van der Waals surface area contributed by atoms with Crippen LogP contribution in [0.5, 0.6) is 5.75 Å². The van der Waals surface area contributed by atoms with Crippen LogP contribution in [-0.2, 0) is 17.8 Å². The number of methoxy groups -OCH3 is 1. The zero-order chi connectivity index (χ0) is 21.6. The Balaban J connectivity index is 1.29. The second-order valence-corrected chi connectivity index (χ2v) is 8.49. The molecule has 0 radical (unpaired) electrons. The van der Waals surface area contributed by atoms with Crippen LogP contribution in [0.1, 0.15) is 61.0 Å². The molecule has 1 aromatic heterocycles. The summed E-state index contributed by atoms with van der Waals surface area (Å²) in [4.78, 5) is 27.1. The zero-order valence-corrected chi connectivity index (χ0v) is 18.1. The monoisotopic (exact) mass is 425 g/mol. The molecule has 2 aromatic rings. The molecule has 0 bridgehead atoms. The van der Waals surface area contributed by atoms with Gasteiger partial charge in [-0.1, -0.05) is 17.3 Å². The van der Waals surface area contributed by atoms with Gasteiger partial charge < -0.3 is 15.0 Å². The van der Waals surface area contributed by atoms with Crippen LogP contribution in [0.15, 0.2) is 30.5 Å². The molecule has 1 atom stereocenters. The lowest BCUT2D eigenvalue weighted by atomic mass is 9.98. The molecule has 1 aliphatic carbocycles. The summed E-state index contributed by atoms with van der Waals surface area (Å²) >= 11 is 0. The highest BCUT2D eigenvalue weighted by atomic mass is 16.5. The van der Waals surface area contributed by atoms with Crippen molar-refractivity contribution in [2.75, 3.05) is 13.7 Å². The van der Waals surface area contributed by atoms with Gasteiger partial charge in [0.05, 0.1) is 13.3 Å². The topological polar surface area (TPSA) is 89.4 Å². The number of carbonyl (C=O) groups is 2. The molecule has 1 aliphatic heterocycles. The minimum atomic E-state index is -0.152. The Bertz CT molecular complexity index is 908. The van der Waals surface area contributed by atoms with E-state index in [1.54, 1.807) is 18.0 Å². The first-order valence-corrected chi connectivity index (χ1v) is 11.3. The van der Waals surface area contributed by atoms with Crippen molar-refractivity contribution in [1.82, 2.24) is 25.2 Å². The van der Waals surface area contributed by atoms with E-state index >= 15 is 0 Å². The Morgan fingerprint density at radius 1 is 1.23 bits per heavy atom. The molecule has 1 aromatic carbocycles. The number of aromatic nitrogens is 3. The van der Waals surface area contributed by atoms with Gasteiger partial charge in [0.15, 0.2) is 5.69 Å². The number of hydrogen-bond donors (Lipinski definition) is 1. The fourth-order valence-corrected chi connectivity index (χ4v) is 4.13. The van der Waals surface area contributed by atoms with Crippen molar-refractivity contribution in [3.63, 3.8) is 0 Å². The van der Waals surface area contributed by atoms with Crippen molar-refractivity contribution in [2.45, 2.75) is 70.0 Å². The number of nitrogens with zero attached hydrogens (tertiary/aromatic N) is 4. The van der Waals surface area contributed by atoms with E-state index in [9.17, 15) is 9.59 Å². The number of hydrogen-bond acceptors (Lipinski definition) is 5. The highest BCUT2D eigenvalue weighted by Gasteiger charge is 2.27. The van der Waals surface area contributed by atoms with E-state index in [2.05, 4.69) is 15.6 Å². The van der Waals surface area contributed by atoms with Crippen molar-refractivity contribution < 1.29 is 14.3 Å². The van der Waals surface area contributed by atoms with Crippen LogP contribution >= 0.6 is 0 Å². The average Bonchev–Trinajstić information content (AvgIpc) is 3.49. The van der Waals surface area contributed by atoms with Crippen molar-refractivity contribution in [2.24, 2.45) is 0 Å². The molecule has 1 saturated heterocycles. The highest BCUT2D eigenvalue weighted by molar-refractivity contribution is 5.92. The molecular weight excluding hydrogens is 394 g/mol. The van der Waals surface area contributed by atoms with Crippen molar-refractivity contribution in [3.8, 4) is 5.75 Å². The molecule has 2 fully saturated rings. The van der Waals surface area contributed by atoms with Crippen LogP contribution in [0.25, 0.3) is 0 Å². The van der Waals surface area contributed by atoms with Crippen LogP contribution in [0.4, 0.5) is 0 Å². The maximum Gasteiger partial charge on any atom is 0.273 e. The minimum Gasteiger partial charge on any atom is -0.497 e. The molecule has 2 amide bonds. The molecule has 31 heavy (non-hydrogen) atoms. The van der Waals surface area contributed by atoms with Crippen molar-refractivity contribution in [3.05, 3.63) is 41.7 Å². The SMILES string of the molecule is COc1cccc(CCC(=O)N2CCCCC2CCn2cc(C(=O)NC3CC3)nn2)c1. The van der Waals surface area contributed by atoms with Crippen molar-refractivity contribution >= 4 is 11.8 Å². The van der Waals surface area contributed by atoms with E-state index in [0.717, 1.165) is 56.4 Å². The number of aryl methyl sites for hydroxylation is 2. The Morgan fingerprint density at radius 2 is 2.10 bits per heavy atom. The number of amides is 2. The lowest BCUT2D eigenvalue weighted by Crippen LogP contribution is -2.44. The van der Waals surface area contributed by atoms with Gasteiger partial charge in [-0.25, -0.2) is 0 Å². The summed E-state index contributed by atoms with van der Waals surface area (Å²) in [5.41, 5.74) is 1.47. The Morgan fingerprint density at radius 3 is 2.90 bits per heavy atom. The Labute approximate surface area is 182 Å². The fourth-order valence-electron chi connectivity index (χ4n) is 4.13. The first-order chi connectivity index (χ1) is 15.1. The molecule has 1 saturated carbocycles. The van der Waals surface area contributed by atoms with Gasteiger partial charge in [-0.15, -0.1) is 5.10 Å². The summed E-state index contributed by atoms with van der Waals surface area (Å²) in [6, 6.07) is 8.40. The minimum absolute atomic E-state index is 0.152. The second kappa shape index (κ2) is 9.94. The van der Waals surface area contributed by atoms with Gasteiger partial charge in [0.2, 0.25) is 5.91 Å². The van der Waals surface area contributed by atoms with Crippen molar-refractivity contribution in [1.29, 1.82) is 0 Å². The summed E-state index contributed by atoms with van der Waals surface area (Å²) in [7, 11) is 1.65. The summed E-state index contributed by atoms with van der Waals surface area (Å²) in [6.45, 7) is 1.46. The first-order valence-electron chi connectivity index (χ1n) is 11.3. The zero-order valence-electron chi connectivity index (χ0n) is 18.1. The normalized spacial score (nSPS) is 18.6. The summed E-state index contributed by atoms with van der Waals surface area (Å²) < 4.78 is 6.99. The summed E-state index contributed by atoms with van der Waals surface area (Å²) in [6.07, 6.45) is 9.02. The molecule has 2 aliphatic rings. The Hall–Kier alpha value is -2.90. The van der Waals surface area contributed by atoms with Gasteiger partial charge in [-0.3, -0.25) is 14.3 Å². The number of likely N-dealkylation sites (tertiary alicyclic amines) is 1. The number of rotatable bonds is 9. The van der Waals surface area contributed by atoms with Gasteiger partial charge in [-0.05, 0) is 62.6 Å². The number of carbonyl (C=O) groups excluding carboxylic acids is 2. The smallest absolute Gasteiger partial charge is 0.273 e. The van der Waals surface area contributed by atoms with Gasteiger partial charge in [-0.2, -0.15) is 0 Å². The summed E-state index contributed by atoms with van der Waals surface area (Å²) in [5, 5.41) is 11.0. The van der Waals surface area contributed by atoms with Gasteiger partial charge >= 0.3 is 0 Å². The summed E-state index contributed by atoms with van der Waals surface area (Å²) in [5.74, 6) is 0.871. The van der Waals surface area contributed by atoms with Gasteiger partial charge in [0.1, 0.15) is 5.75 Å². The molecule has 0 spiro atoms. The van der Waals surface area contributed by atoms with E-state index in [-0.39, 0.29) is 17.9 Å². The van der Waals surface area contributed by atoms with Crippen LogP contribution in [0.3, 0.4) is 0 Å². The van der Waals surface area contributed by atoms with E-state index in [1.807, 2.05) is 29.2 Å². The van der Waals surface area contributed by atoms with E-state index < -0.39 is 0 Å². The first kappa shape index (κ1) is 21.3.